The molecule has 1 aliphatic rings. The molecule has 0 aromatic rings. The molecule has 0 aromatic carbocycles. The Labute approximate surface area is 86.9 Å². The van der Waals surface area contributed by atoms with Gasteiger partial charge in [-0.1, -0.05) is 31.1 Å². The summed E-state index contributed by atoms with van der Waals surface area (Å²) in [6.45, 7) is 2.03. The van der Waals surface area contributed by atoms with Gasteiger partial charge in [-0.2, -0.15) is 0 Å². The molecule has 0 heterocycles. The Kier molecular flexibility index (Phi) is 4.00. The number of hydrogen-bond donors (Lipinski definition) is 0. The van der Waals surface area contributed by atoms with Gasteiger partial charge in [-0.3, -0.25) is 0 Å². The third kappa shape index (κ3) is 4.72. The van der Waals surface area contributed by atoms with Gasteiger partial charge in [0.25, 0.3) is 0 Å². The molecule has 0 saturated carbocycles. The van der Waals surface area contributed by atoms with Crippen molar-refractivity contribution in [2.45, 2.75) is 32.5 Å². The van der Waals surface area contributed by atoms with Crippen LogP contribution >= 0.6 is 0 Å². The second-order valence-electron chi connectivity index (χ2n) is 3.30. The first-order valence-corrected chi connectivity index (χ1v) is 4.83. The topological polar surface area (TPSA) is 9.23 Å². The van der Waals surface area contributed by atoms with Crippen LogP contribution in [0.5, 0.6) is 0 Å². The van der Waals surface area contributed by atoms with Crippen molar-refractivity contribution in [2.75, 3.05) is 0 Å². The predicted octanol–water partition coefficient (Wildman–Crippen LogP) is 4.09. The van der Waals surface area contributed by atoms with Gasteiger partial charge < -0.3 is 4.74 Å². The van der Waals surface area contributed by atoms with E-state index >= 15 is 0 Å². The molecule has 0 aliphatic heterocycles. The number of ether oxygens (including phenoxy) is 1. The van der Waals surface area contributed by atoms with Crippen LogP contribution in [0.4, 0.5) is 13.2 Å². The van der Waals surface area contributed by atoms with E-state index in [1.807, 2.05) is 6.92 Å². The lowest BCUT2D eigenvalue weighted by Crippen LogP contribution is -2.11. The Balaban J connectivity index is 2.67. The molecule has 0 unspecified atom stereocenters. The van der Waals surface area contributed by atoms with Crippen molar-refractivity contribution < 1.29 is 17.9 Å². The van der Waals surface area contributed by atoms with Crippen molar-refractivity contribution >= 4 is 0 Å². The van der Waals surface area contributed by atoms with Crippen LogP contribution in [0.2, 0.25) is 0 Å². The predicted molar refractivity (Wildman–Crippen MR) is 52.0 cm³/mol. The molecule has 0 radical (unpaired) electrons. The fourth-order valence-electron chi connectivity index (χ4n) is 1.36. The van der Waals surface area contributed by atoms with E-state index in [0.717, 1.165) is 18.4 Å². The van der Waals surface area contributed by atoms with Gasteiger partial charge in [0.05, 0.1) is 0 Å². The molecule has 1 nitrogen and oxygen atoms in total. The van der Waals surface area contributed by atoms with E-state index in [-0.39, 0.29) is 5.76 Å². The van der Waals surface area contributed by atoms with Gasteiger partial charge in [-0.05, 0) is 25.0 Å². The fraction of sp³-hybridized carbons (Fsp3) is 0.455. The van der Waals surface area contributed by atoms with Gasteiger partial charge in [0.2, 0.25) is 0 Å². The van der Waals surface area contributed by atoms with Crippen LogP contribution in [0.15, 0.2) is 35.6 Å². The van der Waals surface area contributed by atoms with E-state index in [2.05, 4.69) is 4.74 Å². The van der Waals surface area contributed by atoms with Crippen molar-refractivity contribution in [3.8, 4) is 0 Å². The molecule has 15 heavy (non-hydrogen) atoms. The van der Waals surface area contributed by atoms with Gasteiger partial charge in [0.15, 0.2) is 0 Å². The van der Waals surface area contributed by atoms with Crippen LogP contribution < -0.4 is 0 Å². The summed E-state index contributed by atoms with van der Waals surface area (Å²) in [6.07, 6.45) is 4.07. The number of allylic oxidation sites excluding steroid dienone is 5. The molecule has 0 atom stereocenters. The van der Waals surface area contributed by atoms with Gasteiger partial charge in [0, 0.05) is 0 Å². The van der Waals surface area contributed by atoms with Crippen LogP contribution in [0.25, 0.3) is 0 Å². The molecule has 4 heteroatoms. The summed E-state index contributed by atoms with van der Waals surface area (Å²) >= 11 is 0. The van der Waals surface area contributed by atoms with Crippen LogP contribution in [-0.2, 0) is 4.74 Å². The average Bonchev–Trinajstić information content (AvgIpc) is 2.29. The Morgan fingerprint density at radius 2 is 2.07 bits per heavy atom. The molecule has 1 aliphatic carbocycles. The van der Waals surface area contributed by atoms with Crippen LogP contribution in [0.3, 0.4) is 0 Å². The molecular weight excluding hydrogens is 205 g/mol. The number of alkyl halides is 3. The quantitative estimate of drug-likeness (QED) is 0.693. The first-order valence-electron chi connectivity index (χ1n) is 4.83. The number of hydrogen-bond acceptors (Lipinski definition) is 1. The minimum Gasteiger partial charge on any atom is -0.406 e. The summed E-state index contributed by atoms with van der Waals surface area (Å²) in [4.78, 5) is 0. The Morgan fingerprint density at radius 1 is 1.33 bits per heavy atom. The second-order valence-corrected chi connectivity index (χ2v) is 3.30. The van der Waals surface area contributed by atoms with E-state index in [1.165, 1.54) is 12.2 Å². The summed E-state index contributed by atoms with van der Waals surface area (Å²) in [5.74, 6) is -0.159. The van der Waals surface area contributed by atoms with E-state index in [1.54, 1.807) is 12.2 Å². The maximum atomic E-state index is 11.9. The lowest BCUT2D eigenvalue weighted by molar-refractivity contribution is -0.303. The Morgan fingerprint density at radius 3 is 2.67 bits per heavy atom. The van der Waals surface area contributed by atoms with Crippen molar-refractivity contribution in [1.82, 2.24) is 0 Å². The normalized spacial score (nSPS) is 16.8. The highest BCUT2D eigenvalue weighted by Gasteiger charge is 2.31. The summed E-state index contributed by atoms with van der Waals surface area (Å²) in [7, 11) is 0. The molecule has 0 N–H and O–H groups in total. The van der Waals surface area contributed by atoms with Gasteiger partial charge >= 0.3 is 6.36 Å². The van der Waals surface area contributed by atoms with Crippen molar-refractivity contribution in [1.29, 1.82) is 0 Å². The molecule has 1 rings (SSSR count). The molecule has 84 valence electrons. The molecule has 0 fully saturated rings. The largest absolute Gasteiger partial charge is 0.573 e. The first-order chi connectivity index (χ1) is 7.01. The SMILES string of the molecule is CCCC1=CC=C(OC(F)(F)F)C=CC1. The standard InChI is InChI=1S/C11H13F3O/c1-2-4-9-5-3-6-10(8-7-9)15-11(12,13)14/h3,6-8H,2,4-5H2,1H3. The van der Waals surface area contributed by atoms with Crippen molar-refractivity contribution in [3.63, 3.8) is 0 Å². The van der Waals surface area contributed by atoms with E-state index in [0.29, 0.717) is 6.42 Å². The van der Waals surface area contributed by atoms with Gasteiger partial charge in [-0.25, -0.2) is 0 Å². The fourth-order valence-corrected chi connectivity index (χ4v) is 1.36. The highest BCUT2D eigenvalue weighted by atomic mass is 19.4. The second kappa shape index (κ2) is 5.05. The summed E-state index contributed by atoms with van der Waals surface area (Å²) in [6, 6.07) is 0. The first kappa shape index (κ1) is 11.9. The molecule has 0 aromatic heterocycles. The number of halogens is 3. The highest BCUT2D eigenvalue weighted by molar-refractivity contribution is 5.27. The highest BCUT2D eigenvalue weighted by Crippen LogP contribution is 2.24. The maximum Gasteiger partial charge on any atom is 0.573 e. The zero-order chi connectivity index (χ0) is 11.3. The molecule has 0 saturated heterocycles. The lowest BCUT2D eigenvalue weighted by Gasteiger charge is -2.08. The monoisotopic (exact) mass is 218 g/mol. The summed E-state index contributed by atoms with van der Waals surface area (Å²) in [5.41, 5.74) is 1.12. The van der Waals surface area contributed by atoms with Crippen LogP contribution in [-0.4, -0.2) is 6.36 Å². The molecular formula is C11H13F3O. The van der Waals surface area contributed by atoms with Crippen LogP contribution in [0.1, 0.15) is 26.2 Å². The molecule has 0 spiro atoms. The summed E-state index contributed by atoms with van der Waals surface area (Å²) in [5, 5.41) is 0. The van der Waals surface area contributed by atoms with E-state index in [9.17, 15) is 13.2 Å². The van der Waals surface area contributed by atoms with Gasteiger partial charge in [0.1, 0.15) is 5.76 Å². The minimum atomic E-state index is -4.61. The van der Waals surface area contributed by atoms with E-state index in [4.69, 9.17) is 0 Å². The Bertz CT molecular complexity index is 297. The number of rotatable bonds is 3. The van der Waals surface area contributed by atoms with Crippen molar-refractivity contribution in [3.05, 3.63) is 35.6 Å². The summed E-state index contributed by atoms with van der Waals surface area (Å²) < 4.78 is 39.5. The zero-order valence-corrected chi connectivity index (χ0v) is 8.47. The average molecular weight is 218 g/mol. The molecule has 0 amide bonds. The van der Waals surface area contributed by atoms with E-state index < -0.39 is 6.36 Å². The minimum absolute atomic E-state index is 0.159. The Hall–Kier alpha value is -1.19. The van der Waals surface area contributed by atoms with Gasteiger partial charge in [-0.15, -0.1) is 13.2 Å². The lowest BCUT2D eigenvalue weighted by atomic mass is 10.1. The molecule has 0 bridgehead atoms. The smallest absolute Gasteiger partial charge is 0.406 e. The van der Waals surface area contributed by atoms with Crippen molar-refractivity contribution in [2.24, 2.45) is 0 Å². The zero-order valence-electron chi connectivity index (χ0n) is 8.47. The van der Waals surface area contributed by atoms with Crippen LogP contribution in [0, 0.1) is 0 Å². The third-order valence-corrected chi connectivity index (χ3v) is 1.95. The maximum absolute atomic E-state index is 11.9. The third-order valence-electron chi connectivity index (χ3n) is 1.95.